The van der Waals surface area contributed by atoms with Gasteiger partial charge in [0.1, 0.15) is 28.9 Å². The Kier molecular flexibility index (Phi) is 7.63. The number of ether oxygens (including phenoxy) is 4. The summed E-state index contributed by atoms with van der Waals surface area (Å²) in [5, 5.41) is 1.69. The van der Waals surface area contributed by atoms with E-state index in [0.29, 0.717) is 61.8 Å². The third-order valence-electron chi connectivity index (χ3n) is 10.9. The normalized spacial score (nSPS) is 18.9. The minimum absolute atomic E-state index is 0.517. The number of nitrogens with zero attached hydrogens (tertiary/aromatic N) is 1. The predicted octanol–water partition coefficient (Wildman–Crippen LogP) is 9.41. The van der Waals surface area contributed by atoms with Crippen LogP contribution in [0.2, 0.25) is 0 Å². The van der Waals surface area contributed by atoms with E-state index in [9.17, 15) is 0 Å². The molecule has 2 heterocycles. The Labute approximate surface area is 285 Å². The zero-order chi connectivity index (χ0) is 33.9. The summed E-state index contributed by atoms with van der Waals surface area (Å²) < 4.78 is 56.1. The molecule has 0 amide bonds. The van der Waals surface area contributed by atoms with E-state index in [0.717, 1.165) is 56.1 Å². The Morgan fingerprint density at radius 2 is 1.51 bits per heavy atom. The van der Waals surface area contributed by atoms with Crippen molar-refractivity contribution >= 4 is 22.5 Å². The lowest BCUT2D eigenvalue weighted by Gasteiger charge is -2.39. The maximum Gasteiger partial charge on any atom is 0.178 e. The van der Waals surface area contributed by atoms with Gasteiger partial charge in [-0.1, -0.05) is 62.4 Å². The van der Waals surface area contributed by atoms with Crippen LogP contribution in [0.25, 0.3) is 28.0 Å². The molecule has 49 heavy (non-hydrogen) atoms. The highest BCUT2D eigenvalue weighted by Gasteiger charge is 2.48. The maximum atomic E-state index is 16.2. The first-order valence-corrected chi connectivity index (χ1v) is 17.0. The van der Waals surface area contributed by atoms with E-state index in [4.69, 9.17) is 18.9 Å². The molecular formula is C42H39F2NO4. The molecule has 7 heteroatoms. The van der Waals surface area contributed by atoms with Crippen molar-refractivity contribution in [2.45, 2.75) is 37.7 Å². The predicted molar refractivity (Wildman–Crippen MR) is 190 cm³/mol. The fraction of sp³-hybridized carbons (Fsp3) is 0.286. The first kappa shape index (κ1) is 31.4. The lowest BCUT2D eigenvalue weighted by Crippen LogP contribution is -2.36. The van der Waals surface area contributed by atoms with Crippen molar-refractivity contribution in [1.29, 1.82) is 0 Å². The van der Waals surface area contributed by atoms with Crippen LogP contribution in [0, 0.1) is 11.6 Å². The number of benzene rings is 5. The van der Waals surface area contributed by atoms with Gasteiger partial charge in [-0.15, -0.1) is 0 Å². The van der Waals surface area contributed by atoms with E-state index in [1.54, 1.807) is 14.2 Å². The van der Waals surface area contributed by atoms with Crippen LogP contribution in [0.15, 0.2) is 84.9 Å². The molecule has 3 aliphatic rings. The quantitative estimate of drug-likeness (QED) is 0.174. The number of rotatable bonds is 7. The first-order valence-electron chi connectivity index (χ1n) is 17.0. The van der Waals surface area contributed by atoms with Crippen LogP contribution < -0.4 is 19.1 Å². The third-order valence-corrected chi connectivity index (χ3v) is 10.9. The van der Waals surface area contributed by atoms with E-state index < -0.39 is 22.7 Å². The molecular weight excluding hydrogens is 620 g/mol. The monoisotopic (exact) mass is 659 g/mol. The highest BCUT2D eigenvalue weighted by Crippen LogP contribution is 2.61. The van der Waals surface area contributed by atoms with E-state index in [-0.39, 0.29) is 0 Å². The maximum absolute atomic E-state index is 16.2. The Bertz CT molecular complexity index is 2100. The average Bonchev–Trinajstić information content (AvgIpc) is 3.45. The molecule has 2 aliphatic heterocycles. The Morgan fingerprint density at radius 1 is 0.796 bits per heavy atom. The van der Waals surface area contributed by atoms with Crippen LogP contribution in [0.4, 0.5) is 14.5 Å². The van der Waals surface area contributed by atoms with Crippen molar-refractivity contribution in [3.63, 3.8) is 0 Å². The van der Waals surface area contributed by atoms with Crippen molar-refractivity contribution in [2.24, 2.45) is 0 Å². The number of hydrogen-bond donors (Lipinski definition) is 0. The van der Waals surface area contributed by atoms with Crippen molar-refractivity contribution in [3.8, 4) is 28.4 Å². The molecule has 5 nitrogen and oxygen atoms in total. The van der Waals surface area contributed by atoms with Gasteiger partial charge in [-0.3, -0.25) is 0 Å². The smallest absolute Gasteiger partial charge is 0.178 e. The number of fused-ring (bicyclic) bond motifs is 8. The first-order chi connectivity index (χ1) is 23.9. The second kappa shape index (κ2) is 11.9. The van der Waals surface area contributed by atoms with E-state index >= 15 is 8.78 Å². The second-order valence-electron chi connectivity index (χ2n) is 13.0. The SMILES string of the molecule is CCC1(CC)c2c(F)cc(F)cc2-c2c1c1c(c3cc(OC)c(N4CCOCC4)cc23)OC(c2ccccc2)(c2ccc(OC)cc2)C=C1. The van der Waals surface area contributed by atoms with Crippen molar-refractivity contribution < 1.29 is 27.7 Å². The Morgan fingerprint density at radius 3 is 2.18 bits per heavy atom. The lowest BCUT2D eigenvalue weighted by atomic mass is 9.71. The van der Waals surface area contributed by atoms with Crippen molar-refractivity contribution in [1.82, 2.24) is 0 Å². The zero-order valence-electron chi connectivity index (χ0n) is 28.2. The van der Waals surface area contributed by atoms with Gasteiger partial charge in [0.25, 0.3) is 0 Å². The molecule has 8 rings (SSSR count). The molecule has 0 spiro atoms. The van der Waals surface area contributed by atoms with Crippen LogP contribution in [-0.2, 0) is 15.8 Å². The van der Waals surface area contributed by atoms with Crippen LogP contribution in [0.5, 0.6) is 17.2 Å². The molecule has 0 aromatic heterocycles. The summed E-state index contributed by atoms with van der Waals surface area (Å²) in [5.74, 6) is 1.02. The van der Waals surface area contributed by atoms with Gasteiger partial charge < -0.3 is 23.8 Å². The number of methoxy groups -OCH3 is 2. The molecule has 0 saturated carbocycles. The van der Waals surface area contributed by atoms with Crippen molar-refractivity contribution in [2.75, 3.05) is 45.4 Å². The summed E-state index contributed by atoms with van der Waals surface area (Å²) in [6, 6.07) is 24.8. The highest BCUT2D eigenvalue weighted by atomic mass is 19.1. The van der Waals surface area contributed by atoms with Gasteiger partial charge in [0.15, 0.2) is 5.60 Å². The van der Waals surface area contributed by atoms with Gasteiger partial charge in [0, 0.05) is 52.2 Å². The fourth-order valence-electron chi connectivity index (χ4n) is 8.49. The molecule has 0 radical (unpaired) electrons. The summed E-state index contributed by atoms with van der Waals surface area (Å²) in [5.41, 5.74) is 4.99. The summed E-state index contributed by atoms with van der Waals surface area (Å²) >= 11 is 0. The number of anilines is 1. The summed E-state index contributed by atoms with van der Waals surface area (Å²) in [4.78, 5) is 2.26. The third kappa shape index (κ3) is 4.58. The van der Waals surface area contributed by atoms with Gasteiger partial charge in [0.2, 0.25) is 0 Å². The fourth-order valence-corrected chi connectivity index (χ4v) is 8.49. The Balaban J connectivity index is 1.49. The van der Waals surface area contributed by atoms with Crippen LogP contribution in [0.1, 0.15) is 54.5 Å². The van der Waals surface area contributed by atoms with Crippen LogP contribution in [0.3, 0.4) is 0 Å². The zero-order valence-corrected chi connectivity index (χ0v) is 28.2. The number of morpholine rings is 1. The van der Waals surface area contributed by atoms with Gasteiger partial charge in [0.05, 0.1) is 33.1 Å². The van der Waals surface area contributed by atoms with Crippen LogP contribution in [-0.4, -0.2) is 40.5 Å². The molecule has 0 bridgehead atoms. The average molecular weight is 660 g/mol. The van der Waals surface area contributed by atoms with E-state index in [2.05, 4.69) is 49.1 Å². The van der Waals surface area contributed by atoms with Gasteiger partial charge >= 0.3 is 0 Å². The minimum Gasteiger partial charge on any atom is -0.497 e. The van der Waals surface area contributed by atoms with E-state index in [1.807, 2.05) is 48.5 Å². The molecule has 5 aromatic rings. The molecule has 1 unspecified atom stereocenters. The standard InChI is InChI=1S/C42H39F2NO4/c1-5-41(6-2)38-33(22-28(43)23-34(38)44)37-31-24-35(45-18-20-48-21-19-45)36(47-4)25-32(31)40-30(39(37)41)16-17-42(49-40,26-10-8-7-9-11-26)27-12-14-29(46-3)15-13-27/h7-17,22-25H,5-6,18-21H2,1-4H3. The van der Waals surface area contributed by atoms with Gasteiger partial charge in [-0.25, -0.2) is 8.78 Å². The summed E-state index contributed by atoms with van der Waals surface area (Å²) in [6.45, 7) is 6.80. The minimum atomic E-state index is -0.984. The largest absolute Gasteiger partial charge is 0.497 e. The van der Waals surface area contributed by atoms with Gasteiger partial charge in [-0.2, -0.15) is 0 Å². The topological polar surface area (TPSA) is 40.2 Å². The summed E-state index contributed by atoms with van der Waals surface area (Å²) in [6.07, 6.45) is 5.50. The van der Waals surface area contributed by atoms with Crippen LogP contribution >= 0.6 is 0 Å². The Hall–Kier alpha value is -4.88. The second-order valence-corrected chi connectivity index (χ2v) is 13.0. The molecule has 1 atom stereocenters. The molecule has 0 N–H and O–H groups in total. The van der Waals surface area contributed by atoms with Crippen molar-refractivity contribution in [3.05, 3.63) is 124 Å². The van der Waals surface area contributed by atoms with E-state index in [1.165, 1.54) is 6.07 Å². The molecule has 1 fully saturated rings. The highest BCUT2D eigenvalue weighted by molar-refractivity contribution is 6.10. The molecule has 250 valence electrons. The molecule has 1 aliphatic carbocycles. The molecule has 1 saturated heterocycles. The summed E-state index contributed by atoms with van der Waals surface area (Å²) in [7, 11) is 3.33. The van der Waals surface area contributed by atoms with Gasteiger partial charge in [-0.05, 0) is 71.3 Å². The number of halogens is 2. The molecule has 5 aromatic carbocycles. The number of hydrogen-bond acceptors (Lipinski definition) is 5. The lowest BCUT2D eigenvalue weighted by molar-refractivity contribution is 0.122.